The number of piperidine rings is 1. The number of nitrogens with one attached hydrogen (secondary N) is 1. The predicted octanol–water partition coefficient (Wildman–Crippen LogP) is 2.43. The van der Waals surface area contributed by atoms with E-state index in [0.29, 0.717) is 29.8 Å². The van der Waals surface area contributed by atoms with Crippen LogP contribution in [0.4, 0.5) is 0 Å². The molecular formula is C17H27ClN2O3S. The quantitative estimate of drug-likeness (QED) is 0.879. The molecule has 136 valence electrons. The summed E-state index contributed by atoms with van der Waals surface area (Å²) in [7, 11) is -3.42. The number of sulfonamides is 1. The molecule has 0 bridgehead atoms. The first-order chi connectivity index (χ1) is 10.9. The van der Waals surface area contributed by atoms with Gasteiger partial charge in [0, 0.05) is 13.1 Å². The molecule has 1 aromatic carbocycles. The minimum absolute atomic E-state index is 0. The van der Waals surface area contributed by atoms with Crippen molar-refractivity contribution >= 4 is 22.4 Å². The molecule has 0 spiro atoms. The number of benzene rings is 1. The number of ether oxygens (including phenoxy) is 1. The monoisotopic (exact) mass is 374 g/mol. The Hall–Kier alpha value is -0.820. The molecule has 0 radical (unpaired) electrons. The largest absolute Gasteiger partial charge is 0.491 e. The number of halogens is 1. The minimum Gasteiger partial charge on any atom is -0.491 e. The molecule has 0 aromatic heterocycles. The lowest BCUT2D eigenvalue weighted by molar-refractivity contribution is 0.227. The third-order valence-electron chi connectivity index (χ3n) is 4.81. The Morgan fingerprint density at radius 1 is 1.25 bits per heavy atom. The second kappa shape index (κ2) is 7.60. The first-order valence-electron chi connectivity index (χ1n) is 8.36. The Morgan fingerprint density at radius 3 is 2.62 bits per heavy atom. The van der Waals surface area contributed by atoms with Gasteiger partial charge in [-0.25, -0.2) is 8.42 Å². The van der Waals surface area contributed by atoms with Gasteiger partial charge in [0.15, 0.2) is 0 Å². The molecular weight excluding hydrogens is 348 g/mol. The van der Waals surface area contributed by atoms with Crippen LogP contribution in [-0.2, 0) is 10.0 Å². The summed E-state index contributed by atoms with van der Waals surface area (Å²) in [5.74, 6) is 1.82. The Balaban J connectivity index is 0.00000208. The van der Waals surface area contributed by atoms with Crippen molar-refractivity contribution in [2.24, 2.45) is 11.8 Å². The van der Waals surface area contributed by atoms with E-state index >= 15 is 0 Å². The molecule has 2 fully saturated rings. The normalized spacial score (nSPS) is 24.5. The fraction of sp³-hybridized carbons (Fsp3) is 0.647. The van der Waals surface area contributed by atoms with E-state index in [1.165, 1.54) is 0 Å². The molecule has 2 aliphatic heterocycles. The highest BCUT2D eigenvalue weighted by Crippen LogP contribution is 2.31. The first kappa shape index (κ1) is 19.5. The van der Waals surface area contributed by atoms with E-state index in [1.54, 1.807) is 22.5 Å². The topological polar surface area (TPSA) is 58.6 Å². The third kappa shape index (κ3) is 3.87. The van der Waals surface area contributed by atoms with Crippen LogP contribution in [-0.4, -0.2) is 45.0 Å². The van der Waals surface area contributed by atoms with Crippen LogP contribution < -0.4 is 10.1 Å². The number of hydrogen-bond donors (Lipinski definition) is 1. The van der Waals surface area contributed by atoms with Gasteiger partial charge in [0.25, 0.3) is 0 Å². The lowest BCUT2D eigenvalue weighted by Crippen LogP contribution is -2.43. The second-order valence-electron chi connectivity index (χ2n) is 6.92. The van der Waals surface area contributed by atoms with E-state index < -0.39 is 10.0 Å². The van der Waals surface area contributed by atoms with Gasteiger partial charge in [-0.2, -0.15) is 4.31 Å². The van der Waals surface area contributed by atoms with Gasteiger partial charge < -0.3 is 10.1 Å². The number of hydrogen-bond acceptors (Lipinski definition) is 4. The van der Waals surface area contributed by atoms with E-state index in [9.17, 15) is 8.42 Å². The third-order valence-corrected chi connectivity index (χ3v) is 6.68. The highest BCUT2D eigenvalue weighted by atomic mass is 35.5. The van der Waals surface area contributed by atoms with Crippen LogP contribution in [0.25, 0.3) is 0 Å². The van der Waals surface area contributed by atoms with Crippen LogP contribution in [0.3, 0.4) is 0 Å². The molecule has 1 aromatic rings. The molecule has 2 heterocycles. The fourth-order valence-electron chi connectivity index (χ4n) is 3.54. The molecule has 0 saturated carbocycles. The van der Waals surface area contributed by atoms with Crippen molar-refractivity contribution in [1.82, 2.24) is 9.62 Å². The molecule has 2 atom stereocenters. The van der Waals surface area contributed by atoms with Crippen molar-refractivity contribution in [2.45, 2.75) is 38.2 Å². The summed E-state index contributed by atoms with van der Waals surface area (Å²) in [6, 6.07) is 5.16. The standard InChI is InChI=1S/C17H26N2O3S.ClH/c1-12(2)22-17-5-4-16(8-13(17)3)23(20,21)19-7-6-14-9-18-10-15(14)11-19;/h4-5,8,12,14-15,18H,6-7,9-11H2,1-3H3;1H. The van der Waals surface area contributed by atoms with E-state index in [4.69, 9.17) is 4.74 Å². The molecule has 5 nitrogen and oxygen atoms in total. The maximum Gasteiger partial charge on any atom is 0.243 e. The van der Waals surface area contributed by atoms with Crippen molar-refractivity contribution in [3.05, 3.63) is 23.8 Å². The lowest BCUT2D eigenvalue weighted by atomic mass is 9.90. The van der Waals surface area contributed by atoms with Crippen molar-refractivity contribution in [1.29, 1.82) is 0 Å². The lowest BCUT2D eigenvalue weighted by Gasteiger charge is -2.33. The summed E-state index contributed by atoms with van der Waals surface area (Å²) < 4.78 is 33.2. The average molecular weight is 375 g/mol. The Bertz CT molecular complexity index is 678. The minimum atomic E-state index is -3.42. The molecule has 2 saturated heterocycles. The summed E-state index contributed by atoms with van der Waals surface area (Å²) in [5, 5.41) is 3.37. The molecule has 0 amide bonds. The molecule has 1 N–H and O–H groups in total. The smallest absolute Gasteiger partial charge is 0.243 e. The van der Waals surface area contributed by atoms with Crippen molar-refractivity contribution in [3.63, 3.8) is 0 Å². The van der Waals surface area contributed by atoms with Gasteiger partial charge in [0.1, 0.15) is 5.75 Å². The zero-order valence-electron chi connectivity index (χ0n) is 14.5. The van der Waals surface area contributed by atoms with E-state index in [0.717, 1.165) is 30.8 Å². The predicted molar refractivity (Wildman–Crippen MR) is 97.4 cm³/mol. The first-order valence-corrected chi connectivity index (χ1v) is 9.80. The number of nitrogens with zero attached hydrogens (tertiary/aromatic N) is 1. The Morgan fingerprint density at radius 2 is 1.96 bits per heavy atom. The summed E-state index contributed by atoms with van der Waals surface area (Å²) in [6.07, 6.45) is 1.02. The van der Waals surface area contributed by atoms with Crippen molar-refractivity contribution in [2.75, 3.05) is 26.2 Å². The number of rotatable bonds is 4. The van der Waals surface area contributed by atoms with Crippen LogP contribution in [0, 0.1) is 18.8 Å². The van der Waals surface area contributed by atoms with Crippen LogP contribution in [0.5, 0.6) is 5.75 Å². The number of aryl methyl sites for hydroxylation is 1. The average Bonchev–Trinajstić information content (AvgIpc) is 2.96. The molecule has 24 heavy (non-hydrogen) atoms. The maximum atomic E-state index is 12.9. The molecule has 0 aliphatic carbocycles. The van der Waals surface area contributed by atoms with Crippen LogP contribution in [0.15, 0.2) is 23.1 Å². The summed E-state index contributed by atoms with van der Waals surface area (Å²) in [4.78, 5) is 0.371. The van der Waals surface area contributed by atoms with E-state index in [2.05, 4.69) is 5.32 Å². The highest BCUT2D eigenvalue weighted by Gasteiger charge is 2.37. The van der Waals surface area contributed by atoms with Gasteiger partial charge in [-0.1, -0.05) is 0 Å². The maximum absolute atomic E-state index is 12.9. The van der Waals surface area contributed by atoms with E-state index in [-0.39, 0.29) is 18.5 Å². The van der Waals surface area contributed by atoms with Gasteiger partial charge in [-0.3, -0.25) is 0 Å². The highest BCUT2D eigenvalue weighted by molar-refractivity contribution is 7.89. The second-order valence-corrected chi connectivity index (χ2v) is 8.86. The van der Waals surface area contributed by atoms with Gasteiger partial charge >= 0.3 is 0 Å². The van der Waals surface area contributed by atoms with Crippen molar-refractivity contribution < 1.29 is 13.2 Å². The zero-order chi connectivity index (χ0) is 16.6. The van der Waals surface area contributed by atoms with Gasteiger partial charge in [-0.05, 0) is 75.9 Å². The van der Waals surface area contributed by atoms with Crippen molar-refractivity contribution in [3.8, 4) is 5.75 Å². The van der Waals surface area contributed by atoms with Crippen LogP contribution in [0.1, 0.15) is 25.8 Å². The molecule has 2 aliphatic rings. The zero-order valence-corrected chi connectivity index (χ0v) is 16.1. The fourth-order valence-corrected chi connectivity index (χ4v) is 5.13. The van der Waals surface area contributed by atoms with E-state index in [1.807, 2.05) is 20.8 Å². The van der Waals surface area contributed by atoms with Gasteiger partial charge in [0.2, 0.25) is 10.0 Å². The van der Waals surface area contributed by atoms with Gasteiger partial charge in [0.05, 0.1) is 11.0 Å². The summed E-state index contributed by atoms with van der Waals surface area (Å²) in [6.45, 7) is 9.02. The summed E-state index contributed by atoms with van der Waals surface area (Å²) in [5.41, 5.74) is 0.859. The summed E-state index contributed by atoms with van der Waals surface area (Å²) >= 11 is 0. The Kier molecular flexibility index (Phi) is 6.18. The number of fused-ring (bicyclic) bond motifs is 1. The molecule has 7 heteroatoms. The van der Waals surface area contributed by atoms with Crippen LogP contribution in [0.2, 0.25) is 0 Å². The molecule has 3 rings (SSSR count). The molecule has 2 unspecified atom stereocenters. The Labute approximate surface area is 151 Å². The van der Waals surface area contributed by atoms with Gasteiger partial charge in [-0.15, -0.1) is 12.4 Å². The van der Waals surface area contributed by atoms with Crippen LogP contribution >= 0.6 is 12.4 Å². The SMILES string of the molecule is Cc1cc(S(=O)(=O)N2CCC3CNCC3C2)ccc1OC(C)C.Cl.